The number of H-pyrrole nitrogens is 1. The number of aryl methyl sites for hydroxylation is 2. The van der Waals surface area contributed by atoms with Crippen molar-refractivity contribution in [2.24, 2.45) is 0 Å². The van der Waals surface area contributed by atoms with E-state index >= 15 is 0 Å². The number of aromatic nitrogens is 1. The van der Waals surface area contributed by atoms with Gasteiger partial charge < -0.3 is 19.9 Å². The van der Waals surface area contributed by atoms with Crippen LogP contribution < -0.4 is 10.9 Å². The van der Waals surface area contributed by atoms with Crippen molar-refractivity contribution in [2.45, 2.75) is 46.7 Å². The average molecular weight is 431 g/mol. The number of pyridine rings is 1. The van der Waals surface area contributed by atoms with Crippen molar-refractivity contribution in [1.82, 2.24) is 20.1 Å². The molecule has 2 N–H and O–H groups in total. The molecule has 1 aromatic heterocycles. The van der Waals surface area contributed by atoms with Crippen molar-refractivity contribution in [3.05, 3.63) is 45.2 Å². The third-order valence-corrected chi connectivity index (χ3v) is 6.42. The van der Waals surface area contributed by atoms with Crippen molar-refractivity contribution in [1.29, 1.82) is 0 Å². The summed E-state index contributed by atoms with van der Waals surface area (Å²) in [5.74, 6) is 0. The Bertz CT molecular complexity index is 937. The second-order valence-corrected chi connectivity index (χ2v) is 8.62. The zero-order valence-electron chi connectivity index (χ0n) is 18.6. The van der Waals surface area contributed by atoms with Crippen LogP contribution in [-0.4, -0.2) is 65.3 Å². The number of ether oxygens (including phenoxy) is 1. The highest BCUT2D eigenvalue weighted by molar-refractivity contribution is 7.80. The molecule has 30 heavy (non-hydrogen) atoms. The SMILES string of the molecule is CC[C@H](C)NC(=S)N(CCN1CCOCC1)Cc1cc2ccc(C)c(C)c2[nH]c1=O. The zero-order valence-corrected chi connectivity index (χ0v) is 19.4. The predicted molar refractivity (Wildman–Crippen MR) is 127 cm³/mol. The van der Waals surface area contributed by atoms with Gasteiger partial charge in [-0.05, 0) is 62.0 Å². The summed E-state index contributed by atoms with van der Waals surface area (Å²) in [6.45, 7) is 14.0. The fourth-order valence-electron chi connectivity index (χ4n) is 3.64. The third-order valence-electron chi connectivity index (χ3n) is 6.05. The average Bonchev–Trinajstić information content (AvgIpc) is 2.75. The number of thiocarbonyl (C=S) groups is 1. The molecule has 1 saturated heterocycles. The normalized spacial score (nSPS) is 15.9. The molecule has 2 aromatic rings. The largest absolute Gasteiger partial charge is 0.379 e. The highest BCUT2D eigenvalue weighted by Crippen LogP contribution is 2.19. The van der Waals surface area contributed by atoms with Crippen molar-refractivity contribution in [2.75, 3.05) is 39.4 Å². The number of hydrogen-bond donors (Lipinski definition) is 2. The fraction of sp³-hybridized carbons (Fsp3) is 0.565. The summed E-state index contributed by atoms with van der Waals surface area (Å²) in [6, 6.07) is 6.48. The van der Waals surface area contributed by atoms with Crippen LogP contribution in [0, 0.1) is 13.8 Å². The van der Waals surface area contributed by atoms with E-state index in [0.717, 1.165) is 67.8 Å². The Morgan fingerprint density at radius 2 is 2.07 bits per heavy atom. The van der Waals surface area contributed by atoms with Crippen molar-refractivity contribution < 1.29 is 4.74 Å². The molecule has 0 aliphatic carbocycles. The molecule has 1 atom stereocenters. The second-order valence-electron chi connectivity index (χ2n) is 8.23. The number of benzene rings is 1. The van der Waals surface area contributed by atoms with E-state index in [4.69, 9.17) is 17.0 Å². The van der Waals surface area contributed by atoms with Gasteiger partial charge in [0.1, 0.15) is 0 Å². The Balaban J connectivity index is 1.81. The topological polar surface area (TPSA) is 60.6 Å². The first-order valence-corrected chi connectivity index (χ1v) is 11.3. The van der Waals surface area contributed by atoms with E-state index < -0.39 is 0 Å². The van der Waals surface area contributed by atoms with E-state index in [-0.39, 0.29) is 5.56 Å². The van der Waals surface area contributed by atoms with E-state index in [0.29, 0.717) is 17.7 Å². The van der Waals surface area contributed by atoms with E-state index in [1.54, 1.807) is 0 Å². The monoisotopic (exact) mass is 430 g/mol. The molecule has 0 saturated carbocycles. The number of fused-ring (bicyclic) bond motifs is 1. The molecule has 1 fully saturated rings. The molecule has 6 nitrogen and oxygen atoms in total. The molecule has 0 amide bonds. The number of nitrogens with zero attached hydrogens (tertiary/aromatic N) is 2. The van der Waals surface area contributed by atoms with Crippen molar-refractivity contribution >= 4 is 28.2 Å². The Morgan fingerprint density at radius 3 is 2.77 bits per heavy atom. The van der Waals surface area contributed by atoms with E-state index in [2.05, 4.69) is 53.0 Å². The van der Waals surface area contributed by atoms with Gasteiger partial charge in [0.25, 0.3) is 5.56 Å². The molecule has 1 aliphatic heterocycles. The number of morpholine rings is 1. The third kappa shape index (κ3) is 5.59. The van der Waals surface area contributed by atoms with Gasteiger partial charge in [0.05, 0.1) is 25.3 Å². The number of rotatable bonds is 7. The lowest BCUT2D eigenvalue weighted by molar-refractivity contribution is 0.0357. The van der Waals surface area contributed by atoms with Crippen LogP contribution in [0.15, 0.2) is 23.0 Å². The molecule has 164 valence electrons. The predicted octanol–water partition coefficient (Wildman–Crippen LogP) is 2.95. The molecular formula is C23H34N4O2S. The van der Waals surface area contributed by atoms with Crippen LogP contribution in [0.4, 0.5) is 0 Å². The molecule has 0 radical (unpaired) electrons. The molecule has 1 aliphatic rings. The molecule has 3 rings (SSSR count). The lowest BCUT2D eigenvalue weighted by Crippen LogP contribution is -2.48. The zero-order chi connectivity index (χ0) is 21.7. The molecule has 0 spiro atoms. The summed E-state index contributed by atoms with van der Waals surface area (Å²) in [5.41, 5.74) is 3.91. The summed E-state index contributed by atoms with van der Waals surface area (Å²) in [6.07, 6.45) is 0.993. The smallest absolute Gasteiger partial charge is 0.253 e. The minimum absolute atomic E-state index is 0.0427. The first-order valence-electron chi connectivity index (χ1n) is 10.9. The van der Waals surface area contributed by atoms with E-state index in [9.17, 15) is 4.79 Å². The quantitative estimate of drug-likeness (QED) is 0.659. The molecule has 1 aromatic carbocycles. The Labute approximate surface area is 184 Å². The van der Waals surface area contributed by atoms with E-state index in [1.807, 2.05) is 13.0 Å². The first kappa shape index (κ1) is 22.7. The second kappa shape index (κ2) is 10.4. The van der Waals surface area contributed by atoms with Gasteiger partial charge in [0, 0.05) is 37.8 Å². The van der Waals surface area contributed by atoms with Crippen LogP contribution >= 0.6 is 12.2 Å². The molecule has 0 bridgehead atoms. The van der Waals surface area contributed by atoms with Crippen molar-refractivity contribution in [3.8, 4) is 0 Å². The van der Waals surface area contributed by atoms with Gasteiger partial charge in [0.15, 0.2) is 5.11 Å². The maximum atomic E-state index is 12.9. The van der Waals surface area contributed by atoms with Gasteiger partial charge >= 0.3 is 0 Å². The first-order chi connectivity index (χ1) is 14.4. The van der Waals surface area contributed by atoms with E-state index in [1.165, 1.54) is 5.56 Å². The van der Waals surface area contributed by atoms with Crippen LogP contribution in [-0.2, 0) is 11.3 Å². The molecule has 7 heteroatoms. The standard InChI is InChI=1S/C23H34N4O2S/c1-5-17(3)24-23(30)27(9-8-26-10-12-29-13-11-26)15-20-14-19-7-6-16(2)18(4)21(19)25-22(20)28/h6-7,14,17H,5,8-13,15H2,1-4H3,(H,24,30)(H,25,28)/t17-/m0/s1. The molecule has 2 heterocycles. The minimum atomic E-state index is -0.0427. The van der Waals surface area contributed by atoms with Gasteiger partial charge in [-0.15, -0.1) is 0 Å². The lowest BCUT2D eigenvalue weighted by Gasteiger charge is -2.32. The van der Waals surface area contributed by atoms with Gasteiger partial charge in [-0.25, -0.2) is 0 Å². The number of hydrogen-bond acceptors (Lipinski definition) is 4. The van der Waals surface area contributed by atoms with Crippen LogP contribution in [0.5, 0.6) is 0 Å². The van der Waals surface area contributed by atoms with Crippen LogP contribution in [0.3, 0.4) is 0 Å². The van der Waals surface area contributed by atoms with Gasteiger partial charge in [0.2, 0.25) is 0 Å². The van der Waals surface area contributed by atoms with Crippen LogP contribution in [0.25, 0.3) is 10.9 Å². The van der Waals surface area contributed by atoms with Crippen molar-refractivity contribution in [3.63, 3.8) is 0 Å². The summed E-state index contributed by atoms with van der Waals surface area (Å²) in [7, 11) is 0. The molecular weight excluding hydrogens is 396 g/mol. The van der Waals surface area contributed by atoms with Crippen LogP contribution in [0.2, 0.25) is 0 Å². The fourth-order valence-corrected chi connectivity index (χ4v) is 3.99. The summed E-state index contributed by atoms with van der Waals surface area (Å²) in [4.78, 5) is 20.5. The number of nitrogens with one attached hydrogen (secondary N) is 2. The summed E-state index contributed by atoms with van der Waals surface area (Å²) in [5, 5.41) is 5.18. The Kier molecular flexibility index (Phi) is 7.86. The highest BCUT2D eigenvalue weighted by Gasteiger charge is 2.18. The van der Waals surface area contributed by atoms with Gasteiger partial charge in [-0.1, -0.05) is 19.1 Å². The summed E-state index contributed by atoms with van der Waals surface area (Å²) >= 11 is 5.72. The minimum Gasteiger partial charge on any atom is -0.379 e. The summed E-state index contributed by atoms with van der Waals surface area (Å²) < 4.78 is 5.45. The van der Waals surface area contributed by atoms with Gasteiger partial charge in [-0.2, -0.15) is 0 Å². The lowest BCUT2D eigenvalue weighted by atomic mass is 10.0. The maximum Gasteiger partial charge on any atom is 0.253 e. The van der Waals surface area contributed by atoms with Gasteiger partial charge in [-0.3, -0.25) is 9.69 Å². The highest BCUT2D eigenvalue weighted by atomic mass is 32.1. The Hall–Kier alpha value is -1.96. The molecule has 0 unspecified atom stereocenters. The van der Waals surface area contributed by atoms with Crippen LogP contribution in [0.1, 0.15) is 37.0 Å². The Morgan fingerprint density at radius 1 is 1.33 bits per heavy atom. The number of aromatic amines is 1. The maximum absolute atomic E-state index is 12.9.